The molecule has 0 saturated heterocycles. The molecule has 0 amide bonds. The molecule has 1 aromatic carbocycles. The van der Waals surface area contributed by atoms with Crippen molar-refractivity contribution in [1.29, 1.82) is 0 Å². The molecular formula is C12H12ClN3O2. The summed E-state index contributed by atoms with van der Waals surface area (Å²) in [5.74, 6) is -0.0525. The average molecular weight is 266 g/mol. The van der Waals surface area contributed by atoms with E-state index in [1.807, 2.05) is 6.07 Å². The van der Waals surface area contributed by atoms with Gasteiger partial charge in [0.15, 0.2) is 0 Å². The quantitative estimate of drug-likeness (QED) is 0.628. The number of benzene rings is 1. The molecule has 0 radical (unpaired) electrons. The van der Waals surface area contributed by atoms with E-state index < -0.39 is 0 Å². The van der Waals surface area contributed by atoms with Crippen molar-refractivity contribution in [2.75, 3.05) is 6.61 Å². The molecule has 18 heavy (non-hydrogen) atoms. The molecule has 1 heterocycles. The predicted molar refractivity (Wildman–Crippen MR) is 66.9 cm³/mol. The molecule has 0 spiro atoms. The van der Waals surface area contributed by atoms with Gasteiger partial charge in [-0.3, -0.25) is 0 Å². The van der Waals surface area contributed by atoms with Gasteiger partial charge in [0.1, 0.15) is 0 Å². The number of halogens is 1. The number of nitrogens with zero attached hydrogens (tertiary/aromatic N) is 3. The first-order valence-corrected chi connectivity index (χ1v) is 6.02. The van der Waals surface area contributed by atoms with E-state index in [1.165, 1.54) is 0 Å². The lowest BCUT2D eigenvalue weighted by molar-refractivity contribution is 0.0526. The molecule has 0 unspecified atom stereocenters. The normalized spacial score (nSPS) is 10.3. The summed E-state index contributed by atoms with van der Waals surface area (Å²) in [6.07, 6.45) is 1.59. The molecule has 0 aliphatic rings. The summed E-state index contributed by atoms with van der Waals surface area (Å²) in [7, 11) is 0. The van der Waals surface area contributed by atoms with Crippen LogP contribution in [0.25, 0.3) is 5.69 Å². The van der Waals surface area contributed by atoms with Gasteiger partial charge in [-0.25, -0.2) is 9.48 Å². The molecule has 0 aliphatic carbocycles. The standard InChI is InChI=1S/C12H12ClN3O2/c1-2-18-12(17)9-4-3-5-10(6-9)16-11(7-13)8-14-15-16/h3-6,8H,2,7H2,1H3. The van der Waals surface area contributed by atoms with E-state index in [4.69, 9.17) is 16.3 Å². The fourth-order valence-corrected chi connectivity index (χ4v) is 1.73. The number of ether oxygens (including phenoxy) is 1. The smallest absolute Gasteiger partial charge is 0.338 e. The lowest BCUT2D eigenvalue weighted by atomic mass is 10.2. The Bertz CT molecular complexity index is 554. The number of aromatic nitrogens is 3. The Morgan fingerprint density at radius 2 is 2.33 bits per heavy atom. The summed E-state index contributed by atoms with van der Waals surface area (Å²) in [6.45, 7) is 2.12. The van der Waals surface area contributed by atoms with Crippen LogP contribution in [0, 0.1) is 0 Å². The lowest BCUT2D eigenvalue weighted by Gasteiger charge is -2.06. The minimum atomic E-state index is -0.355. The fourth-order valence-electron chi connectivity index (χ4n) is 1.54. The van der Waals surface area contributed by atoms with Crippen LogP contribution in [0.1, 0.15) is 23.0 Å². The molecule has 0 saturated carbocycles. The highest BCUT2D eigenvalue weighted by molar-refractivity contribution is 6.16. The number of hydrogen-bond acceptors (Lipinski definition) is 4. The van der Waals surface area contributed by atoms with Crippen LogP contribution in [0.4, 0.5) is 0 Å². The number of rotatable bonds is 4. The Balaban J connectivity index is 2.35. The Kier molecular flexibility index (Phi) is 3.94. The van der Waals surface area contributed by atoms with Crippen molar-refractivity contribution in [2.45, 2.75) is 12.8 Å². The monoisotopic (exact) mass is 265 g/mol. The molecule has 0 N–H and O–H groups in total. The topological polar surface area (TPSA) is 57.0 Å². The van der Waals surface area contributed by atoms with E-state index in [0.717, 1.165) is 11.4 Å². The maximum Gasteiger partial charge on any atom is 0.338 e. The van der Waals surface area contributed by atoms with Gasteiger partial charge in [-0.1, -0.05) is 11.3 Å². The molecule has 94 valence electrons. The number of hydrogen-bond donors (Lipinski definition) is 0. The summed E-state index contributed by atoms with van der Waals surface area (Å²) < 4.78 is 6.54. The molecule has 2 rings (SSSR count). The second-order valence-electron chi connectivity index (χ2n) is 3.54. The predicted octanol–water partition coefficient (Wildman–Crippen LogP) is 2.18. The lowest BCUT2D eigenvalue weighted by Crippen LogP contribution is -2.07. The maximum atomic E-state index is 11.6. The molecule has 0 atom stereocenters. The van der Waals surface area contributed by atoms with E-state index in [0.29, 0.717) is 18.1 Å². The van der Waals surface area contributed by atoms with Crippen molar-refractivity contribution in [1.82, 2.24) is 15.0 Å². The highest BCUT2D eigenvalue weighted by atomic mass is 35.5. The van der Waals surface area contributed by atoms with Crippen molar-refractivity contribution in [2.24, 2.45) is 0 Å². The van der Waals surface area contributed by atoms with Gasteiger partial charge in [-0.05, 0) is 25.1 Å². The van der Waals surface area contributed by atoms with Crippen LogP contribution in [-0.2, 0) is 10.6 Å². The van der Waals surface area contributed by atoms with E-state index >= 15 is 0 Å². The zero-order valence-corrected chi connectivity index (χ0v) is 10.6. The van der Waals surface area contributed by atoms with Gasteiger partial charge >= 0.3 is 5.97 Å². The zero-order chi connectivity index (χ0) is 13.0. The highest BCUT2D eigenvalue weighted by Gasteiger charge is 2.10. The van der Waals surface area contributed by atoms with Gasteiger partial charge in [-0.2, -0.15) is 0 Å². The van der Waals surface area contributed by atoms with Crippen molar-refractivity contribution in [3.05, 3.63) is 41.7 Å². The van der Waals surface area contributed by atoms with Crippen LogP contribution in [0.15, 0.2) is 30.5 Å². The van der Waals surface area contributed by atoms with E-state index in [-0.39, 0.29) is 5.97 Å². The van der Waals surface area contributed by atoms with Crippen molar-refractivity contribution >= 4 is 17.6 Å². The van der Waals surface area contributed by atoms with Crippen molar-refractivity contribution in [3.8, 4) is 5.69 Å². The van der Waals surface area contributed by atoms with E-state index in [2.05, 4.69) is 10.3 Å². The summed E-state index contributed by atoms with van der Waals surface area (Å²) >= 11 is 5.78. The van der Waals surface area contributed by atoms with Gasteiger partial charge in [0.25, 0.3) is 0 Å². The van der Waals surface area contributed by atoms with E-state index in [1.54, 1.807) is 36.0 Å². The summed E-state index contributed by atoms with van der Waals surface area (Å²) in [5, 5.41) is 7.73. The van der Waals surface area contributed by atoms with Gasteiger partial charge in [0.2, 0.25) is 0 Å². The van der Waals surface area contributed by atoms with Gasteiger partial charge in [0.05, 0.1) is 35.6 Å². The second-order valence-corrected chi connectivity index (χ2v) is 3.81. The average Bonchev–Trinajstić information content (AvgIpc) is 2.87. The molecule has 1 aromatic heterocycles. The molecule has 6 heteroatoms. The van der Waals surface area contributed by atoms with Crippen LogP contribution >= 0.6 is 11.6 Å². The maximum absolute atomic E-state index is 11.6. The Labute approximate surface area is 109 Å². The largest absolute Gasteiger partial charge is 0.462 e. The summed E-state index contributed by atoms with van der Waals surface area (Å²) in [5.41, 5.74) is 1.97. The minimum Gasteiger partial charge on any atom is -0.462 e. The van der Waals surface area contributed by atoms with Crippen LogP contribution in [0.5, 0.6) is 0 Å². The molecule has 0 bridgehead atoms. The van der Waals surface area contributed by atoms with Gasteiger partial charge in [-0.15, -0.1) is 16.7 Å². The molecule has 0 fully saturated rings. The number of esters is 1. The second kappa shape index (κ2) is 5.64. The van der Waals surface area contributed by atoms with E-state index in [9.17, 15) is 4.79 Å². The third-order valence-electron chi connectivity index (χ3n) is 2.36. The Hall–Kier alpha value is -1.88. The first kappa shape index (κ1) is 12.6. The van der Waals surface area contributed by atoms with Gasteiger partial charge < -0.3 is 4.74 Å². The zero-order valence-electron chi connectivity index (χ0n) is 9.84. The molecule has 2 aromatic rings. The third kappa shape index (κ3) is 2.51. The van der Waals surface area contributed by atoms with Gasteiger partial charge in [0, 0.05) is 0 Å². The number of carbonyl (C=O) groups excluding carboxylic acids is 1. The third-order valence-corrected chi connectivity index (χ3v) is 2.63. The Morgan fingerprint density at radius 3 is 3.06 bits per heavy atom. The summed E-state index contributed by atoms with van der Waals surface area (Å²) in [6, 6.07) is 6.98. The number of carbonyl (C=O) groups is 1. The van der Waals surface area contributed by atoms with Crippen LogP contribution < -0.4 is 0 Å². The number of alkyl halides is 1. The minimum absolute atomic E-state index is 0.302. The van der Waals surface area contributed by atoms with Crippen molar-refractivity contribution < 1.29 is 9.53 Å². The van der Waals surface area contributed by atoms with Crippen LogP contribution in [0.2, 0.25) is 0 Å². The Morgan fingerprint density at radius 1 is 1.50 bits per heavy atom. The van der Waals surface area contributed by atoms with Crippen LogP contribution in [-0.4, -0.2) is 27.6 Å². The first-order chi connectivity index (χ1) is 8.76. The molecular weight excluding hydrogens is 254 g/mol. The molecule has 5 nitrogen and oxygen atoms in total. The fraction of sp³-hybridized carbons (Fsp3) is 0.250. The van der Waals surface area contributed by atoms with Crippen molar-refractivity contribution in [3.63, 3.8) is 0 Å². The SMILES string of the molecule is CCOC(=O)c1cccc(-n2nncc2CCl)c1. The highest BCUT2D eigenvalue weighted by Crippen LogP contribution is 2.13. The van der Waals surface area contributed by atoms with Crippen LogP contribution in [0.3, 0.4) is 0 Å². The summed E-state index contributed by atoms with van der Waals surface area (Å²) in [4.78, 5) is 11.6. The molecule has 0 aliphatic heterocycles. The first-order valence-electron chi connectivity index (χ1n) is 5.49.